The lowest BCUT2D eigenvalue weighted by atomic mass is 10.2. The highest BCUT2D eigenvalue weighted by Gasteiger charge is 2.15. The first kappa shape index (κ1) is 19.1. The topological polar surface area (TPSA) is 69.9 Å². The van der Waals surface area contributed by atoms with Crippen molar-refractivity contribution in [2.75, 3.05) is 0 Å². The maximum absolute atomic E-state index is 13.7. The van der Waals surface area contributed by atoms with Crippen LogP contribution in [0.25, 0.3) is 0 Å². The molecule has 2 aromatic heterocycles. The number of aryl methyl sites for hydroxylation is 2. The van der Waals surface area contributed by atoms with Crippen molar-refractivity contribution >= 4 is 15.9 Å². The zero-order valence-electron chi connectivity index (χ0n) is 14.5. The molecule has 0 saturated heterocycles. The fourth-order valence-corrected chi connectivity index (χ4v) is 2.76. The Kier molecular flexibility index (Phi) is 5.59. The van der Waals surface area contributed by atoms with Gasteiger partial charge in [0.1, 0.15) is 28.5 Å². The maximum atomic E-state index is 13.7. The third-order valence-electron chi connectivity index (χ3n) is 3.81. The molecule has 0 fully saturated rings. The summed E-state index contributed by atoms with van der Waals surface area (Å²) in [6.45, 7) is 3.49. The molecule has 0 unspecified atom stereocenters. The number of hydrogen-bond acceptors (Lipinski definition) is 5. The van der Waals surface area contributed by atoms with Crippen LogP contribution in [-0.2, 0) is 13.2 Å². The number of halogens is 3. The van der Waals surface area contributed by atoms with E-state index in [-0.39, 0.29) is 34.6 Å². The molecule has 0 bridgehead atoms. The first-order valence-electron chi connectivity index (χ1n) is 7.96. The molecule has 0 radical (unpaired) electrons. The molecule has 27 heavy (non-hydrogen) atoms. The molecular weight excluding hydrogens is 422 g/mol. The van der Waals surface area contributed by atoms with Gasteiger partial charge in [0, 0.05) is 17.8 Å². The Hall–Kier alpha value is -2.68. The highest BCUT2D eigenvalue weighted by molar-refractivity contribution is 9.10. The van der Waals surface area contributed by atoms with Gasteiger partial charge in [0.05, 0.1) is 24.1 Å². The molecule has 9 heteroatoms. The zero-order chi connectivity index (χ0) is 19.6. The van der Waals surface area contributed by atoms with Crippen molar-refractivity contribution in [2.24, 2.45) is 0 Å². The average Bonchev–Trinajstić information content (AvgIpc) is 2.63. The van der Waals surface area contributed by atoms with Crippen molar-refractivity contribution in [3.8, 4) is 5.88 Å². The minimum absolute atomic E-state index is 0.0347. The van der Waals surface area contributed by atoms with Crippen LogP contribution < -0.4 is 10.3 Å². The monoisotopic (exact) mass is 436 g/mol. The van der Waals surface area contributed by atoms with Gasteiger partial charge in [-0.15, -0.1) is 0 Å². The van der Waals surface area contributed by atoms with Crippen LogP contribution in [0.5, 0.6) is 5.88 Å². The van der Waals surface area contributed by atoms with Gasteiger partial charge in [0.15, 0.2) is 0 Å². The van der Waals surface area contributed by atoms with Gasteiger partial charge in [0.25, 0.3) is 5.56 Å². The molecule has 2 heterocycles. The molecule has 0 saturated carbocycles. The molecule has 0 aliphatic rings. The zero-order valence-corrected chi connectivity index (χ0v) is 16.1. The minimum Gasteiger partial charge on any atom is -0.472 e. The Morgan fingerprint density at radius 1 is 1.19 bits per heavy atom. The van der Waals surface area contributed by atoms with Crippen molar-refractivity contribution in [1.29, 1.82) is 0 Å². The normalized spacial score (nSPS) is 10.9. The minimum atomic E-state index is -0.728. The molecule has 0 aliphatic heterocycles. The Balaban J connectivity index is 1.83. The number of benzene rings is 1. The fourth-order valence-electron chi connectivity index (χ4n) is 2.34. The highest BCUT2D eigenvalue weighted by atomic mass is 79.9. The lowest BCUT2D eigenvalue weighted by molar-refractivity contribution is 0.282. The van der Waals surface area contributed by atoms with E-state index in [0.29, 0.717) is 11.5 Å². The number of hydrogen-bond donors (Lipinski definition) is 0. The van der Waals surface area contributed by atoms with Gasteiger partial charge < -0.3 is 4.74 Å². The quantitative estimate of drug-likeness (QED) is 0.613. The molecule has 1 aromatic carbocycles. The summed E-state index contributed by atoms with van der Waals surface area (Å²) in [6.07, 6.45) is 3.21. The summed E-state index contributed by atoms with van der Waals surface area (Å²) in [6, 6.07) is 3.19. The van der Waals surface area contributed by atoms with E-state index in [4.69, 9.17) is 4.74 Å². The van der Waals surface area contributed by atoms with Crippen LogP contribution in [0.3, 0.4) is 0 Å². The molecule has 3 aromatic rings. The predicted octanol–water partition coefficient (Wildman–Crippen LogP) is 3.32. The van der Waals surface area contributed by atoms with Crippen LogP contribution in [0.2, 0.25) is 0 Å². The number of nitrogens with zero attached hydrogens (tertiary/aromatic N) is 4. The van der Waals surface area contributed by atoms with Gasteiger partial charge >= 0.3 is 0 Å². The van der Waals surface area contributed by atoms with Crippen LogP contribution in [0.1, 0.15) is 22.8 Å². The van der Waals surface area contributed by atoms with Crippen molar-refractivity contribution in [2.45, 2.75) is 27.0 Å². The fraction of sp³-hybridized carbons (Fsp3) is 0.222. The molecule has 3 rings (SSSR count). The second-order valence-electron chi connectivity index (χ2n) is 5.84. The van der Waals surface area contributed by atoms with E-state index in [2.05, 4.69) is 30.9 Å². The number of ether oxygens (including phenoxy) is 1. The van der Waals surface area contributed by atoms with Gasteiger partial charge in [-0.3, -0.25) is 19.3 Å². The van der Waals surface area contributed by atoms with E-state index in [9.17, 15) is 13.6 Å². The van der Waals surface area contributed by atoms with Crippen LogP contribution in [0, 0.1) is 25.5 Å². The van der Waals surface area contributed by atoms with E-state index in [1.54, 1.807) is 19.3 Å². The second-order valence-corrected chi connectivity index (χ2v) is 6.64. The van der Waals surface area contributed by atoms with Crippen molar-refractivity contribution < 1.29 is 13.5 Å². The van der Waals surface area contributed by atoms with E-state index in [1.807, 2.05) is 6.92 Å². The third kappa shape index (κ3) is 4.36. The summed E-state index contributed by atoms with van der Waals surface area (Å²) in [5, 5.41) is 0. The molecule has 0 aliphatic carbocycles. The summed E-state index contributed by atoms with van der Waals surface area (Å²) in [7, 11) is 0. The van der Waals surface area contributed by atoms with Crippen LogP contribution in [0.15, 0.2) is 39.9 Å². The largest absolute Gasteiger partial charge is 0.472 e. The van der Waals surface area contributed by atoms with E-state index >= 15 is 0 Å². The third-order valence-corrected chi connectivity index (χ3v) is 4.49. The SMILES string of the molecule is Cc1cnc(Cn2c(C)nc(OCc3ccc(F)cc3F)c(Br)c2=O)cn1. The summed E-state index contributed by atoms with van der Waals surface area (Å²) in [5.41, 5.74) is 1.18. The van der Waals surface area contributed by atoms with Crippen LogP contribution in [-0.4, -0.2) is 19.5 Å². The molecule has 0 N–H and O–H groups in total. The Morgan fingerprint density at radius 2 is 1.96 bits per heavy atom. The molecule has 0 atom stereocenters. The summed E-state index contributed by atoms with van der Waals surface area (Å²) in [5.74, 6) is -0.963. The van der Waals surface area contributed by atoms with E-state index in [1.165, 1.54) is 10.6 Å². The highest BCUT2D eigenvalue weighted by Crippen LogP contribution is 2.21. The summed E-state index contributed by atoms with van der Waals surface area (Å²) >= 11 is 3.18. The van der Waals surface area contributed by atoms with Crippen molar-refractivity contribution in [3.05, 3.63) is 79.8 Å². The van der Waals surface area contributed by atoms with Gasteiger partial charge in [-0.25, -0.2) is 8.78 Å². The van der Waals surface area contributed by atoms with Crippen LogP contribution in [0.4, 0.5) is 8.78 Å². The van der Waals surface area contributed by atoms with Gasteiger partial charge in [-0.1, -0.05) is 0 Å². The van der Waals surface area contributed by atoms with Crippen molar-refractivity contribution in [1.82, 2.24) is 19.5 Å². The molecule has 0 spiro atoms. The standard InChI is InChI=1S/C18H15BrF2N4O2/c1-10-6-23-14(7-22-10)8-25-11(2)24-17(16(19)18(25)26)27-9-12-3-4-13(20)5-15(12)21/h3-7H,8-9H2,1-2H3. The summed E-state index contributed by atoms with van der Waals surface area (Å²) < 4.78 is 33.7. The molecule has 140 valence electrons. The number of aromatic nitrogens is 4. The Bertz CT molecular complexity index is 1040. The summed E-state index contributed by atoms with van der Waals surface area (Å²) in [4.78, 5) is 25.3. The van der Waals surface area contributed by atoms with Gasteiger partial charge in [-0.05, 0) is 41.9 Å². The second kappa shape index (κ2) is 7.91. The average molecular weight is 437 g/mol. The smallest absolute Gasteiger partial charge is 0.272 e. The first-order valence-corrected chi connectivity index (χ1v) is 8.75. The Labute approximate surface area is 162 Å². The molecule has 6 nitrogen and oxygen atoms in total. The first-order chi connectivity index (χ1) is 12.8. The molecule has 0 amide bonds. The van der Waals surface area contributed by atoms with Crippen molar-refractivity contribution in [3.63, 3.8) is 0 Å². The maximum Gasteiger partial charge on any atom is 0.272 e. The van der Waals surface area contributed by atoms with E-state index < -0.39 is 11.6 Å². The lowest BCUT2D eigenvalue weighted by Crippen LogP contribution is -2.26. The van der Waals surface area contributed by atoms with Gasteiger partial charge in [-0.2, -0.15) is 4.98 Å². The van der Waals surface area contributed by atoms with Crippen LogP contribution >= 0.6 is 15.9 Å². The van der Waals surface area contributed by atoms with Gasteiger partial charge in [0.2, 0.25) is 5.88 Å². The van der Waals surface area contributed by atoms with E-state index in [0.717, 1.165) is 17.8 Å². The number of rotatable bonds is 5. The molecular formula is C18H15BrF2N4O2. The lowest BCUT2D eigenvalue weighted by Gasteiger charge is -2.13. The Morgan fingerprint density at radius 3 is 2.63 bits per heavy atom. The predicted molar refractivity (Wildman–Crippen MR) is 97.5 cm³/mol.